The quantitative estimate of drug-likeness (QED) is 0.814. The van der Waals surface area contributed by atoms with E-state index in [9.17, 15) is 0 Å². The van der Waals surface area contributed by atoms with Gasteiger partial charge in [-0.3, -0.25) is 0 Å². The fourth-order valence-corrected chi connectivity index (χ4v) is 2.31. The van der Waals surface area contributed by atoms with Crippen molar-refractivity contribution in [3.05, 3.63) is 71.4 Å². The molecular weight excluding hydrogens is 272 g/mol. The molecular formula is C18H22N4. The van der Waals surface area contributed by atoms with Gasteiger partial charge in [0.2, 0.25) is 0 Å². The molecule has 0 saturated carbocycles. The maximum Gasteiger partial charge on any atom is 0.132 e. The summed E-state index contributed by atoms with van der Waals surface area (Å²) in [6.45, 7) is 4.12. The van der Waals surface area contributed by atoms with E-state index in [1.165, 1.54) is 6.21 Å². The Labute approximate surface area is 132 Å². The van der Waals surface area contributed by atoms with Crippen LogP contribution in [-0.4, -0.2) is 18.2 Å². The Morgan fingerprint density at radius 1 is 1.41 bits per heavy atom. The molecule has 0 spiro atoms. The molecule has 0 atom stereocenters. The molecule has 1 aliphatic heterocycles. The Hall–Kier alpha value is -2.62. The zero-order chi connectivity index (χ0) is 15.9. The van der Waals surface area contributed by atoms with E-state index in [-0.39, 0.29) is 0 Å². The second-order valence-electron chi connectivity index (χ2n) is 5.06. The summed E-state index contributed by atoms with van der Waals surface area (Å²) < 4.78 is 0. The molecule has 0 aliphatic carbocycles. The van der Waals surface area contributed by atoms with Crippen LogP contribution in [0.5, 0.6) is 0 Å². The van der Waals surface area contributed by atoms with Crippen LogP contribution in [0.25, 0.3) is 0 Å². The summed E-state index contributed by atoms with van der Waals surface area (Å²) in [5.41, 5.74) is 4.10. The standard InChI is InChI=1S/C18H22N4/c1-4-6-17(15-10-12-20-16(13-15)9-11-19)22(3)18-8-5-7-14(2)21-18/h5-13,19-20H,4H2,1-3H3/b16-9-,17-6-,19-11?. The lowest BCUT2D eigenvalue weighted by Crippen LogP contribution is -2.21. The minimum Gasteiger partial charge on any atom is -0.362 e. The molecule has 0 fully saturated rings. The first-order valence-corrected chi connectivity index (χ1v) is 7.39. The van der Waals surface area contributed by atoms with Crippen molar-refractivity contribution in [2.45, 2.75) is 20.3 Å². The normalized spacial score (nSPS) is 16.2. The molecule has 1 aliphatic rings. The fourth-order valence-electron chi connectivity index (χ4n) is 2.31. The number of hydrogen-bond acceptors (Lipinski definition) is 4. The lowest BCUT2D eigenvalue weighted by atomic mass is 10.1. The first kappa shape index (κ1) is 15.8. The molecule has 0 aromatic carbocycles. The van der Waals surface area contributed by atoms with Gasteiger partial charge in [-0.2, -0.15) is 0 Å². The van der Waals surface area contributed by atoms with Gasteiger partial charge < -0.3 is 15.6 Å². The summed E-state index contributed by atoms with van der Waals surface area (Å²) in [4.78, 5) is 6.69. The van der Waals surface area contributed by atoms with Gasteiger partial charge in [-0.1, -0.05) is 19.1 Å². The number of likely N-dealkylation sites (N-methyl/N-ethyl adjacent to an activating group) is 1. The Morgan fingerprint density at radius 2 is 2.23 bits per heavy atom. The number of dihydropyridines is 1. The molecule has 0 saturated heterocycles. The predicted molar refractivity (Wildman–Crippen MR) is 93.0 cm³/mol. The largest absolute Gasteiger partial charge is 0.362 e. The van der Waals surface area contributed by atoms with Crippen molar-refractivity contribution >= 4 is 12.0 Å². The zero-order valence-electron chi connectivity index (χ0n) is 13.3. The van der Waals surface area contributed by atoms with Gasteiger partial charge in [-0.25, -0.2) is 4.98 Å². The number of aryl methyl sites for hydroxylation is 1. The van der Waals surface area contributed by atoms with Gasteiger partial charge in [-0.15, -0.1) is 0 Å². The molecule has 4 nitrogen and oxygen atoms in total. The molecule has 2 rings (SSSR count). The molecule has 1 aromatic rings. The van der Waals surface area contributed by atoms with E-state index >= 15 is 0 Å². The first-order valence-electron chi connectivity index (χ1n) is 7.39. The second-order valence-corrected chi connectivity index (χ2v) is 5.06. The third kappa shape index (κ3) is 3.73. The van der Waals surface area contributed by atoms with Gasteiger partial charge >= 0.3 is 0 Å². The van der Waals surface area contributed by atoms with E-state index in [0.717, 1.165) is 34.9 Å². The van der Waals surface area contributed by atoms with Crippen molar-refractivity contribution < 1.29 is 0 Å². The van der Waals surface area contributed by atoms with Crippen molar-refractivity contribution in [2.75, 3.05) is 11.9 Å². The Kier molecular flexibility index (Phi) is 5.31. The first-order chi connectivity index (χ1) is 10.7. The van der Waals surface area contributed by atoms with Gasteiger partial charge in [-0.05, 0) is 43.7 Å². The monoisotopic (exact) mass is 294 g/mol. The van der Waals surface area contributed by atoms with Crippen LogP contribution >= 0.6 is 0 Å². The number of nitrogens with zero attached hydrogens (tertiary/aromatic N) is 2. The van der Waals surface area contributed by atoms with Crippen molar-refractivity contribution in [3.8, 4) is 0 Å². The molecule has 0 unspecified atom stereocenters. The van der Waals surface area contributed by atoms with E-state index < -0.39 is 0 Å². The summed E-state index contributed by atoms with van der Waals surface area (Å²) >= 11 is 0. The predicted octanol–water partition coefficient (Wildman–Crippen LogP) is 3.70. The lowest BCUT2D eigenvalue weighted by molar-refractivity contribution is 1.00. The summed E-state index contributed by atoms with van der Waals surface area (Å²) in [6.07, 6.45) is 12.1. The van der Waals surface area contributed by atoms with Crippen LogP contribution in [0.15, 0.2) is 65.7 Å². The number of rotatable bonds is 5. The van der Waals surface area contributed by atoms with Crippen molar-refractivity contribution in [1.29, 1.82) is 5.41 Å². The molecule has 2 N–H and O–H groups in total. The van der Waals surface area contributed by atoms with Crippen LogP contribution in [0.2, 0.25) is 0 Å². The third-order valence-electron chi connectivity index (χ3n) is 3.36. The van der Waals surface area contributed by atoms with Crippen LogP contribution in [0, 0.1) is 12.3 Å². The maximum atomic E-state index is 7.21. The van der Waals surface area contributed by atoms with Crippen LogP contribution in [0.1, 0.15) is 19.0 Å². The van der Waals surface area contributed by atoms with Crippen LogP contribution in [-0.2, 0) is 0 Å². The molecule has 0 bridgehead atoms. The van der Waals surface area contributed by atoms with Crippen molar-refractivity contribution in [1.82, 2.24) is 10.3 Å². The summed E-state index contributed by atoms with van der Waals surface area (Å²) in [5, 5.41) is 10.3. The van der Waals surface area contributed by atoms with E-state index in [0.29, 0.717) is 0 Å². The summed E-state index contributed by atoms with van der Waals surface area (Å²) in [6, 6.07) is 6.02. The van der Waals surface area contributed by atoms with E-state index in [1.807, 2.05) is 50.5 Å². The van der Waals surface area contributed by atoms with Crippen LogP contribution in [0.3, 0.4) is 0 Å². The zero-order valence-corrected chi connectivity index (χ0v) is 13.3. The highest BCUT2D eigenvalue weighted by Gasteiger charge is 2.13. The molecule has 22 heavy (non-hydrogen) atoms. The van der Waals surface area contributed by atoms with Crippen molar-refractivity contribution in [3.63, 3.8) is 0 Å². The molecule has 0 amide bonds. The third-order valence-corrected chi connectivity index (χ3v) is 3.36. The molecule has 114 valence electrons. The molecule has 4 heteroatoms. The Morgan fingerprint density at radius 3 is 2.91 bits per heavy atom. The number of pyridine rings is 1. The second kappa shape index (κ2) is 7.41. The maximum absolute atomic E-state index is 7.21. The molecule has 2 heterocycles. The van der Waals surface area contributed by atoms with Gasteiger partial charge in [0.05, 0.1) is 0 Å². The van der Waals surface area contributed by atoms with Crippen molar-refractivity contribution in [2.24, 2.45) is 0 Å². The van der Waals surface area contributed by atoms with Crippen LogP contribution < -0.4 is 10.2 Å². The summed E-state index contributed by atoms with van der Waals surface area (Å²) in [5.74, 6) is 0.921. The van der Waals surface area contributed by atoms with Gasteiger partial charge in [0, 0.05) is 42.1 Å². The van der Waals surface area contributed by atoms with E-state index in [1.54, 1.807) is 6.08 Å². The average molecular weight is 294 g/mol. The number of aromatic nitrogens is 1. The molecule has 1 aromatic heterocycles. The summed E-state index contributed by atoms with van der Waals surface area (Å²) in [7, 11) is 2.03. The average Bonchev–Trinajstić information content (AvgIpc) is 2.52. The topological polar surface area (TPSA) is 52.0 Å². The van der Waals surface area contributed by atoms with Gasteiger partial charge in [0.25, 0.3) is 0 Å². The smallest absolute Gasteiger partial charge is 0.132 e. The minimum atomic E-state index is 0.903. The molecule has 0 radical (unpaired) electrons. The van der Waals surface area contributed by atoms with E-state index in [2.05, 4.69) is 28.2 Å². The highest BCUT2D eigenvalue weighted by Crippen LogP contribution is 2.24. The van der Waals surface area contributed by atoms with E-state index in [4.69, 9.17) is 5.41 Å². The SMILES string of the molecule is CC/C=C(C1=C/C(=C/C=N)NC=C1)\N(C)c1cccc(C)n1. The minimum absolute atomic E-state index is 0.903. The van der Waals surface area contributed by atoms with Gasteiger partial charge in [0.15, 0.2) is 0 Å². The number of anilines is 1. The number of nitrogens with one attached hydrogen (secondary N) is 2. The Bertz CT molecular complexity index is 665. The highest BCUT2D eigenvalue weighted by molar-refractivity contribution is 5.71. The Balaban J connectivity index is 2.38. The fraction of sp³-hybridized carbons (Fsp3) is 0.222. The number of allylic oxidation sites excluding steroid dienone is 4. The van der Waals surface area contributed by atoms with Gasteiger partial charge in [0.1, 0.15) is 5.82 Å². The van der Waals surface area contributed by atoms with Crippen LogP contribution in [0.4, 0.5) is 5.82 Å². The highest BCUT2D eigenvalue weighted by atomic mass is 15.2. The number of hydrogen-bond donors (Lipinski definition) is 2. The lowest BCUT2D eigenvalue weighted by Gasteiger charge is -2.25.